The third kappa shape index (κ3) is 5.45. The lowest BCUT2D eigenvalue weighted by Gasteiger charge is -2.13. The molecule has 0 saturated carbocycles. The molecule has 2 aromatic rings. The van der Waals surface area contributed by atoms with Gasteiger partial charge >= 0.3 is 5.97 Å². The standard InChI is InChI=1S/C20H23N3O5S/c1-5-28-20(25)19(22-16(4)24)8-6-7-18-15(3)23(13-21-18)29(26,27)17-11-9-14(2)10-12-17/h9-13,19H,5,8H2,1-4H3,(H,22,24). The van der Waals surface area contributed by atoms with Crippen molar-refractivity contribution in [2.24, 2.45) is 0 Å². The van der Waals surface area contributed by atoms with Crippen molar-refractivity contribution >= 4 is 21.9 Å². The average Bonchev–Trinajstić information content (AvgIpc) is 3.02. The van der Waals surface area contributed by atoms with Gasteiger partial charge in [-0.25, -0.2) is 22.2 Å². The largest absolute Gasteiger partial charge is 0.464 e. The van der Waals surface area contributed by atoms with Gasteiger partial charge < -0.3 is 10.1 Å². The fourth-order valence-corrected chi connectivity index (χ4v) is 3.83. The Hall–Kier alpha value is -3.12. The molecule has 1 unspecified atom stereocenters. The lowest BCUT2D eigenvalue weighted by atomic mass is 10.2. The van der Waals surface area contributed by atoms with E-state index in [0.29, 0.717) is 5.69 Å². The minimum Gasteiger partial charge on any atom is -0.464 e. The maximum absolute atomic E-state index is 12.8. The predicted octanol–water partition coefficient (Wildman–Crippen LogP) is 1.55. The topological polar surface area (TPSA) is 107 Å². The zero-order valence-corrected chi connectivity index (χ0v) is 17.5. The van der Waals surface area contributed by atoms with Gasteiger partial charge in [-0.15, -0.1) is 0 Å². The number of aromatic nitrogens is 2. The van der Waals surface area contributed by atoms with Crippen LogP contribution in [-0.4, -0.2) is 41.9 Å². The molecule has 1 amide bonds. The van der Waals surface area contributed by atoms with Crippen molar-refractivity contribution in [2.75, 3.05) is 6.61 Å². The molecule has 0 bridgehead atoms. The highest BCUT2D eigenvalue weighted by Crippen LogP contribution is 2.17. The van der Waals surface area contributed by atoms with Crippen LogP contribution >= 0.6 is 0 Å². The number of imidazole rings is 1. The lowest BCUT2D eigenvalue weighted by molar-refractivity contribution is -0.147. The van der Waals surface area contributed by atoms with Crippen molar-refractivity contribution in [1.29, 1.82) is 0 Å². The van der Waals surface area contributed by atoms with Crippen LogP contribution in [0.2, 0.25) is 0 Å². The molecule has 0 radical (unpaired) electrons. The van der Waals surface area contributed by atoms with E-state index >= 15 is 0 Å². The third-order valence-electron chi connectivity index (χ3n) is 4.00. The van der Waals surface area contributed by atoms with Crippen LogP contribution in [0.3, 0.4) is 0 Å². The van der Waals surface area contributed by atoms with Crippen LogP contribution in [-0.2, 0) is 24.3 Å². The number of amides is 1. The fraction of sp³-hybridized carbons (Fsp3) is 0.350. The number of nitrogens with one attached hydrogen (secondary N) is 1. The monoisotopic (exact) mass is 417 g/mol. The van der Waals surface area contributed by atoms with Crippen LogP contribution < -0.4 is 5.32 Å². The van der Waals surface area contributed by atoms with Crippen LogP contribution in [0.4, 0.5) is 0 Å². The zero-order valence-electron chi connectivity index (χ0n) is 16.7. The highest BCUT2D eigenvalue weighted by atomic mass is 32.2. The molecule has 0 aliphatic rings. The molecule has 0 aliphatic carbocycles. The number of carbonyl (C=O) groups excluding carboxylic acids is 2. The molecule has 1 heterocycles. The number of benzene rings is 1. The van der Waals surface area contributed by atoms with Crippen molar-refractivity contribution in [3.63, 3.8) is 0 Å². The molecule has 1 atom stereocenters. The Morgan fingerprint density at radius 2 is 1.90 bits per heavy atom. The second-order valence-electron chi connectivity index (χ2n) is 6.30. The zero-order chi connectivity index (χ0) is 21.6. The van der Waals surface area contributed by atoms with Gasteiger partial charge in [-0.1, -0.05) is 23.6 Å². The van der Waals surface area contributed by atoms with Crippen molar-refractivity contribution < 1.29 is 22.7 Å². The molecule has 154 valence electrons. The van der Waals surface area contributed by atoms with Gasteiger partial charge in [0.15, 0.2) is 0 Å². The number of ether oxygens (including phenoxy) is 1. The number of carbonyl (C=O) groups is 2. The third-order valence-corrected chi connectivity index (χ3v) is 5.76. The summed E-state index contributed by atoms with van der Waals surface area (Å²) in [5, 5.41) is 2.48. The summed E-state index contributed by atoms with van der Waals surface area (Å²) in [5.41, 5.74) is 1.57. The van der Waals surface area contributed by atoms with Crippen LogP contribution in [0.25, 0.3) is 0 Å². The Balaban J connectivity index is 2.24. The first-order chi connectivity index (χ1) is 13.7. The molecule has 29 heavy (non-hydrogen) atoms. The van der Waals surface area contributed by atoms with Crippen molar-refractivity contribution in [1.82, 2.24) is 14.3 Å². The molecular weight excluding hydrogens is 394 g/mol. The van der Waals surface area contributed by atoms with Crippen LogP contribution in [0.15, 0.2) is 35.5 Å². The van der Waals surface area contributed by atoms with E-state index in [-0.39, 0.29) is 29.5 Å². The molecule has 2 rings (SSSR count). The summed E-state index contributed by atoms with van der Waals surface area (Å²) < 4.78 is 31.6. The van der Waals surface area contributed by atoms with E-state index in [0.717, 1.165) is 9.54 Å². The van der Waals surface area contributed by atoms with Crippen LogP contribution in [0.1, 0.15) is 37.2 Å². The Morgan fingerprint density at radius 3 is 2.48 bits per heavy atom. The van der Waals surface area contributed by atoms with Crippen molar-refractivity contribution in [2.45, 2.75) is 45.1 Å². The first-order valence-electron chi connectivity index (χ1n) is 8.95. The normalized spacial score (nSPS) is 11.9. The van der Waals surface area contributed by atoms with Crippen LogP contribution in [0.5, 0.6) is 0 Å². The Morgan fingerprint density at radius 1 is 1.24 bits per heavy atom. The predicted molar refractivity (Wildman–Crippen MR) is 106 cm³/mol. The van der Waals surface area contributed by atoms with Gasteiger partial charge in [-0.05, 0) is 38.8 Å². The molecule has 0 fully saturated rings. The number of rotatable bonds is 6. The minimum absolute atomic E-state index is 0.00935. The van der Waals surface area contributed by atoms with E-state index in [4.69, 9.17) is 4.74 Å². The van der Waals surface area contributed by atoms with Gasteiger partial charge in [0.05, 0.1) is 17.2 Å². The summed E-state index contributed by atoms with van der Waals surface area (Å²) in [7, 11) is -3.79. The molecule has 1 aromatic heterocycles. The molecule has 1 aromatic carbocycles. The molecule has 0 spiro atoms. The van der Waals surface area contributed by atoms with E-state index in [1.807, 2.05) is 6.92 Å². The summed E-state index contributed by atoms with van der Waals surface area (Å²) in [5.74, 6) is 4.56. The summed E-state index contributed by atoms with van der Waals surface area (Å²) in [6.07, 6.45) is 1.21. The number of hydrogen-bond acceptors (Lipinski definition) is 6. The van der Waals surface area contributed by atoms with Gasteiger partial charge in [-0.3, -0.25) is 4.79 Å². The van der Waals surface area contributed by atoms with Gasteiger partial charge in [0, 0.05) is 13.3 Å². The summed E-state index contributed by atoms with van der Waals surface area (Å²) in [6.45, 7) is 6.61. The second kappa shape index (κ2) is 9.39. The van der Waals surface area contributed by atoms with E-state index in [2.05, 4.69) is 22.1 Å². The first-order valence-corrected chi connectivity index (χ1v) is 10.4. The van der Waals surface area contributed by atoms with E-state index in [1.165, 1.54) is 25.4 Å². The lowest BCUT2D eigenvalue weighted by Crippen LogP contribution is -2.40. The maximum Gasteiger partial charge on any atom is 0.329 e. The molecule has 0 aliphatic heterocycles. The molecule has 8 nitrogen and oxygen atoms in total. The Labute approximate surface area is 170 Å². The van der Waals surface area contributed by atoms with Gasteiger partial charge in [0.1, 0.15) is 18.1 Å². The molecular formula is C20H23N3O5S. The molecule has 9 heteroatoms. The highest BCUT2D eigenvalue weighted by molar-refractivity contribution is 7.90. The summed E-state index contributed by atoms with van der Waals surface area (Å²) in [6, 6.07) is 5.60. The quantitative estimate of drug-likeness (QED) is 0.564. The average molecular weight is 417 g/mol. The number of nitrogens with zero attached hydrogens (tertiary/aromatic N) is 2. The SMILES string of the molecule is CCOC(=O)C(CC#Cc1ncn(S(=O)(=O)c2ccc(C)cc2)c1C)NC(C)=O. The maximum atomic E-state index is 12.8. The van der Waals surface area contributed by atoms with E-state index < -0.39 is 22.0 Å². The number of aryl methyl sites for hydroxylation is 1. The molecule has 1 N–H and O–H groups in total. The van der Waals surface area contributed by atoms with Crippen molar-refractivity contribution in [3.05, 3.63) is 47.5 Å². The Bertz CT molecular complexity index is 1060. The number of hydrogen-bond donors (Lipinski definition) is 1. The van der Waals surface area contributed by atoms with Gasteiger partial charge in [0.2, 0.25) is 5.91 Å². The van der Waals surface area contributed by atoms with E-state index in [1.54, 1.807) is 26.0 Å². The molecule has 0 saturated heterocycles. The highest BCUT2D eigenvalue weighted by Gasteiger charge is 2.21. The Kier molecular flexibility index (Phi) is 7.18. The second-order valence-corrected chi connectivity index (χ2v) is 8.12. The smallest absolute Gasteiger partial charge is 0.329 e. The van der Waals surface area contributed by atoms with Gasteiger partial charge in [-0.2, -0.15) is 0 Å². The first kappa shape index (κ1) is 22.2. The fourth-order valence-electron chi connectivity index (χ4n) is 2.50. The van der Waals surface area contributed by atoms with Crippen molar-refractivity contribution in [3.8, 4) is 11.8 Å². The summed E-state index contributed by atoms with van der Waals surface area (Å²) >= 11 is 0. The minimum atomic E-state index is -3.79. The van der Waals surface area contributed by atoms with Crippen LogP contribution in [0, 0.1) is 25.7 Å². The summed E-state index contributed by atoms with van der Waals surface area (Å²) in [4.78, 5) is 27.4. The number of esters is 1. The van der Waals surface area contributed by atoms with Gasteiger partial charge in [0.25, 0.3) is 10.0 Å². The van der Waals surface area contributed by atoms with E-state index in [9.17, 15) is 18.0 Å².